The van der Waals surface area contributed by atoms with Crippen LogP contribution in [0.4, 0.5) is 0 Å². The Labute approximate surface area is 371 Å². The van der Waals surface area contributed by atoms with Crippen molar-refractivity contribution in [1.82, 2.24) is 0 Å². The summed E-state index contributed by atoms with van der Waals surface area (Å²) in [6.07, 6.45) is 7.18. The number of para-hydroxylation sites is 6. The number of rotatable bonds is 24. The van der Waals surface area contributed by atoms with Gasteiger partial charge in [0.2, 0.25) is 0 Å². The highest BCUT2D eigenvalue weighted by Crippen LogP contribution is 2.79. The Morgan fingerprint density at radius 2 is 0.556 bits per heavy atom. The van der Waals surface area contributed by atoms with E-state index in [1.54, 1.807) is 0 Å². The van der Waals surface area contributed by atoms with Gasteiger partial charge in [0.1, 0.15) is 34.5 Å². The van der Waals surface area contributed by atoms with E-state index in [1.165, 1.54) is 0 Å². The molecular weight excluding hydrogens is 849 g/mol. The van der Waals surface area contributed by atoms with E-state index in [0.717, 1.165) is 55.2 Å². The highest BCUT2D eigenvalue weighted by molar-refractivity contribution is 7.79. The van der Waals surface area contributed by atoms with Crippen LogP contribution in [0.25, 0.3) is 0 Å². The number of hydrogen-bond acceptors (Lipinski definition) is 12. The number of benzene rings is 6. The molecule has 330 valence electrons. The molecule has 0 radical (unpaired) electrons. The van der Waals surface area contributed by atoms with Crippen molar-refractivity contribution in [2.75, 3.05) is 19.6 Å². The Morgan fingerprint density at radius 1 is 0.302 bits per heavy atom. The summed E-state index contributed by atoms with van der Waals surface area (Å²) in [6.45, 7) is 1.73. The first-order valence-electron chi connectivity index (χ1n) is 21.5. The van der Waals surface area contributed by atoms with Gasteiger partial charge in [-0.25, -0.2) is 0 Å². The Kier molecular flexibility index (Phi) is 16.6. The number of hydrogen-bond donors (Lipinski definition) is 3. The van der Waals surface area contributed by atoms with Crippen LogP contribution in [0.3, 0.4) is 0 Å². The first-order valence-corrected chi connectivity index (χ1v) is 26.1. The summed E-state index contributed by atoms with van der Waals surface area (Å²) < 4.78 is 59.5. The van der Waals surface area contributed by atoms with Gasteiger partial charge in [0.15, 0.2) is 0 Å². The SMILES string of the molecule is NCCCCc1ccccc1OP1(Oc2ccccc2)=NP(Oc2ccccc2)(Oc2ccccc2CCCCN)=NP(Oc2ccccc2)(Oc2ccccc2CCCCN)=N1. The second-order valence-electron chi connectivity index (χ2n) is 14.8. The summed E-state index contributed by atoms with van der Waals surface area (Å²) in [6, 6.07) is 51.6. The fourth-order valence-electron chi connectivity index (χ4n) is 6.78. The van der Waals surface area contributed by atoms with E-state index >= 15 is 0 Å². The molecule has 0 atom stereocenters. The molecular formula is C48H57N6O6P3. The Hall–Kier alpha value is -5.31. The molecule has 0 spiro atoms. The molecule has 0 fully saturated rings. The van der Waals surface area contributed by atoms with Crippen LogP contribution in [0, 0.1) is 0 Å². The molecule has 1 aliphatic rings. The minimum atomic E-state index is -4.08. The topological polar surface area (TPSA) is 171 Å². The second-order valence-corrected chi connectivity index (χ2v) is 21.0. The van der Waals surface area contributed by atoms with E-state index in [-0.39, 0.29) is 0 Å². The fraction of sp³-hybridized carbons (Fsp3) is 0.250. The van der Waals surface area contributed by atoms with Crippen LogP contribution in [0.15, 0.2) is 177 Å². The van der Waals surface area contributed by atoms with Gasteiger partial charge < -0.3 is 44.3 Å². The number of nitrogens with zero attached hydrogens (tertiary/aromatic N) is 3. The molecule has 1 heterocycles. The third kappa shape index (κ3) is 12.9. The maximum Gasteiger partial charge on any atom is 0.460 e. The van der Waals surface area contributed by atoms with Crippen molar-refractivity contribution in [3.63, 3.8) is 0 Å². The predicted octanol–water partition coefficient (Wildman–Crippen LogP) is 13.2. The summed E-state index contributed by atoms with van der Waals surface area (Å²) in [5, 5.41) is 0. The molecule has 0 aromatic heterocycles. The van der Waals surface area contributed by atoms with Gasteiger partial charge >= 0.3 is 23.0 Å². The van der Waals surface area contributed by atoms with Crippen LogP contribution in [0.1, 0.15) is 55.2 Å². The summed E-state index contributed by atoms with van der Waals surface area (Å²) in [5.41, 5.74) is 20.6. The van der Waals surface area contributed by atoms with Gasteiger partial charge in [0.25, 0.3) is 0 Å². The van der Waals surface area contributed by atoms with Gasteiger partial charge in [0.05, 0.1) is 0 Å². The third-order valence-electron chi connectivity index (χ3n) is 9.85. The Balaban J connectivity index is 1.56. The number of unbranched alkanes of at least 4 members (excludes halogenated alkanes) is 3. The molecule has 0 unspecified atom stereocenters. The van der Waals surface area contributed by atoms with Crippen molar-refractivity contribution in [2.24, 2.45) is 30.7 Å². The largest absolute Gasteiger partial charge is 0.460 e. The molecule has 63 heavy (non-hydrogen) atoms. The lowest BCUT2D eigenvalue weighted by atomic mass is 10.1. The predicted molar refractivity (Wildman–Crippen MR) is 256 cm³/mol. The van der Waals surface area contributed by atoms with Gasteiger partial charge in [-0.05, 0) is 149 Å². The zero-order chi connectivity index (χ0) is 43.6. The molecule has 7 rings (SSSR count). The van der Waals surface area contributed by atoms with Gasteiger partial charge in [-0.2, -0.15) is 0 Å². The van der Waals surface area contributed by atoms with Crippen molar-refractivity contribution in [3.8, 4) is 34.5 Å². The van der Waals surface area contributed by atoms with E-state index in [9.17, 15) is 0 Å². The van der Waals surface area contributed by atoms with Crippen molar-refractivity contribution in [1.29, 1.82) is 0 Å². The number of aryl methyl sites for hydroxylation is 3. The zero-order valence-electron chi connectivity index (χ0n) is 35.4. The van der Waals surface area contributed by atoms with Crippen molar-refractivity contribution < 1.29 is 27.1 Å². The maximum atomic E-state index is 7.26. The molecule has 1 aliphatic heterocycles. The molecule has 6 N–H and O–H groups in total. The summed E-state index contributed by atoms with van der Waals surface area (Å²) in [5.74, 6) is 2.98. The highest BCUT2D eigenvalue weighted by atomic mass is 31.3. The molecule has 15 heteroatoms. The van der Waals surface area contributed by atoms with Gasteiger partial charge in [-0.15, -0.1) is 0 Å². The van der Waals surface area contributed by atoms with E-state index in [1.807, 2.05) is 164 Å². The molecule has 0 aliphatic carbocycles. The van der Waals surface area contributed by atoms with E-state index in [0.29, 0.717) is 73.4 Å². The summed E-state index contributed by atoms with van der Waals surface area (Å²) in [4.78, 5) is 0. The molecule has 0 saturated heterocycles. The quantitative estimate of drug-likeness (QED) is 0.0395. The lowest BCUT2D eigenvalue weighted by Gasteiger charge is -2.34. The average molecular weight is 907 g/mol. The van der Waals surface area contributed by atoms with Crippen LogP contribution in [0.5, 0.6) is 34.5 Å². The number of nitrogens with two attached hydrogens (primary N) is 3. The normalized spacial score (nSPS) is 19.1. The smallest absolute Gasteiger partial charge is 0.413 e. The lowest BCUT2D eigenvalue weighted by Crippen LogP contribution is -2.12. The Morgan fingerprint density at radius 3 is 0.825 bits per heavy atom. The maximum absolute atomic E-state index is 7.26. The van der Waals surface area contributed by atoms with E-state index in [2.05, 4.69) is 0 Å². The molecule has 0 bridgehead atoms. The fourth-order valence-corrected chi connectivity index (χ4v) is 16.0. The van der Waals surface area contributed by atoms with E-state index in [4.69, 9.17) is 57.9 Å². The van der Waals surface area contributed by atoms with Gasteiger partial charge in [-0.3, -0.25) is 0 Å². The standard InChI is InChI=1S/C48H57N6O6P3/c49-37-19-16-25-40-22-10-13-34-46(40)58-61(55-43-28-4-1-5-29-43)52-62(56-44-30-6-2-7-31-44,59-47-35-14-11-23-41(47)26-17-20-38-50)54-63(53-61,57-45-32-8-3-9-33-45)60-48-36-15-12-24-42(48)27-18-21-39-51/h1-15,22-24,28-36H,16-21,25-27,37-39,49-51H2. The van der Waals surface area contributed by atoms with Crippen molar-refractivity contribution >= 4 is 23.0 Å². The van der Waals surface area contributed by atoms with Crippen LogP contribution in [-0.4, -0.2) is 19.6 Å². The average Bonchev–Trinajstić information content (AvgIpc) is 3.29. The summed E-state index contributed by atoms with van der Waals surface area (Å²) >= 11 is 0. The van der Waals surface area contributed by atoms with Crippen LogP contribution < -0.4 is 44.3 Å². The lowest BCUT2D eigenvalue weighted by molar-refractivity contribution is 0.439. The van der Waals surface area contributed by atoms with Crippen molar-refractivity contribution in [2.45, 2.75) is 57.8 Å². The Bertz CT molecular complexity index is 2240. The first-order chi connectivity index (χ1) is 30.9. The third-order valence-corrected chi connectivity index (χ3v) is 17.9. The zero-order valence-corrected chi connectivity index (χ0v) is 38.1. The minimum Gasteiger partial charge on any atom is -0.413 e. The van der Waals surface area contributed by atoms with Crippen LogP contribution in [-0.2, 0) is 19.3 Å². The molecule has 6 aromatic carbocycles. The monoisotopic (exact) mass is 906 g/mol. The van der Waals surface area contributed by atoms with Gasteiger partial charge in [0, 0.05) is 0 Å². The van der Waals surface area contributed by atoms with Crippen LogP contribution in [0.2, 0.25) is 0 Å². The van der Waals surface area contributed by atoms with Crippen molar-refractivity contribution in [3.05, 3.63) is 180 Å². The molecule has 0 amide bonds. The summed E-state index contributed by atoms with van der Waals surface area (Å²) in [7, 11) is -12.2. The van der Waals surface area contributed by atoms with Crippen LogP contribution >= 0.6 is 23.0 Å². The first kappa shape index (κ1) is 45.7. The highest BCUT2D eigenvalue weighted by Gasteiger charge is 2.49. The van der Waals surface area contributed by atoms with E-state index < -0.39 is 23.0 Å². The molecule has 12 nitrogen and oxygen atoms in total. The van der Waals surface area contributed by atoms with Gasteiger partial charge in [-0.1, -0.05) is 123 Å². The second kappa shape index (κ2) is 22.9. The minimum absolute atomic E-state index is 0.459. The molecule has 0 saturated carbocycles. The molecule has 6 aromatic rings.